The van der Waals surface area contributed by atoms with Crippen molar-refractivity contribution < 1.29 is 4.74 Å². The molecule has 1 rings (SSSR count). The molecule has 1 aromatic rings. The number of hydrogen-bond donors (Lipinski definition) is 2. The van der Waals surface area contributed by atoms with Gasteiger partial charge in [0.25, 0.3) is 0 Å². The van der Waals surface area contributed by atoms with E-state index in [1.165, 1.54) is 0 Å². The first-order valence-electron chi connectivity index (χ1n) is 7.19. The van der Waals surface area contributed by atoms with Gasteiger partial charge in [0.2, 0.25) is 0 Å². The Labute approximate surface area is 116 Å². The van der Waals surface area contributed by atoms with E-state index in [9.17, 15) is 0 Å². The summed E-state index contributed by atoms with van der Waals surface area (Å²) in [7, 11) is 0. The van der Waals surface area contributed by atoms with Crippen molar-refractivity contribution in [3.05, 3.63) is 18.2 Å². The van der Waals surface area contributed by atoms with Crippen LogP contribution >= 0.6 is 0 Å². The fraction of sp³-hybridized carbons (Fsp3) is 0.600. The molecule has 3 N–H and O–H groups in total. The maximum atomic E-state index is 5.86. The van der Waals surface area contributed by atoms with Crippen molar-refractivity contribution in [2.75, 3.05) is 43.8 Å². The highest BCUT2D eigenvalue weighted by Gasteiger charge is 2.01. The first-order chi connectivity index (χ1) is 9.19. The topological polar surface area (TPSA) is 50.5 Å². The Morgan fingerprint density at radius 1 is 1.16 bits per heavy atom. The zero-order valence-corrected chi connectivity index (χ0v) is 12.4. The Balaban J connectivity index is 2.40. The maximum absolute atomic E-state index is 5.86. The molecule has 0 fully saturated rings. The first-order valence-corrected chi connectivity index (χ1v) is 7.19. The third kappa shape index (κ3) is 5.83. The van der Waals surface area contributed by atoms with Crippen LogP contribution in [0.4, 0.5) is 11.4 Å². The van der Waals surface area contributed by atoms with E-state index in [1.807, 2.05) is 25.1 Å². The monoisotopic (exact) mass is 265 g/mol. The minimum atomic E-state index is 0.658. The predicted octanol–water partition coefficient (Wildman–Crippen LogP) is 2.81. The first kappa shape index (κ1) is 15.6. The van der Waals surface area contributed by atoms with Gasteiger partial charge in [-0.25, -0.2) is 0 Å². The number of rotatable bonds is 9. The molecule has 0 heterocycles. The summed E-state index contributed by atoms with van der Waals surface area (Å²) in [5.41, 5.74) is 7.62. The van der Waals surface area contributed by atoms with Crippen LogP contribution in [0.15, 0.2) is 18.2 Å². The lowest BCUT2D eigenvalue weighted by atomic mass is 10.2. The van der Waals surface area contributed by atoms with Gasteiger partial charge < -0.3 is 20.7 Å². The Morgan fingerprint density at radius 2 is 1.89 bits per heavy atom. The van der Waals surface area contributed by atoms with Crippen LogP contribution in [0.3, 0.4) is 0 Å². The summed E-state index contributed by atoms with van der Waals surface area (Å²) in [6.07, 6.45) is 1.13. The van der Waals surface area contributed by atoms with Crippen molar-refractivity contribution >= 4 is 11.4 Å². The molecule has 0 saturated heterocycles. The molecule has 0 aromatic heterocycles. The SMILES string of the molecule is CCOc1cc(N)cc(NCCCN(CC)CC)c1. The average molecular weight is 265 g/mol. The lowest BCUT2D eigenvalue weighted by Crippen LogP contribution is -2.25. The normalized spacial score (nSPS) is 10.7. The second-order valence-corrected chi connectivity index (χ2v) is 4.53. The van der Waals surface area contributed by atoms with E-state index in [4.69, 9.17) is 10.5 Å². The Bertz CT molecular complexity index is 364. The van der Waals surface area contributed by atoms with Crippen LogP contribution in [-0.2, 0) is 0 Å². The summed E-state index contributed by atoms with van der Waals surface area (Å²) in [6.45, 7) is 11.3. The molecule has 0 saturated carbocycles. The van der Waals surface area contributed by atoms with Crippen LogP contribution in [-0.4, -0.2) is 37.7 Å². The van der Waals surface area contributed by atoms with Crippen molar-refractivity contribution in [2.24, 2.45) is 0 Å². The highest BCUT2D eigenvalue weighted by molar-refractivity contribution is 5.59. The highest BCUT2D eigenvalue weighted by Crippen LogP contribution is 2.22. The standard InChI is InChI=1S/C15H27N3O/c1-4-18(5-2)9-7-8-17-14-10-13(16)11-15(12-14)19-6-3/h10-12,17H,4-9,16H2,1-3H3. The summed E-state index contributed by atoms with van der Waals surface area (Å²) < 4.78 is 5.48. The number of hydrogen-bond acceptors (Lipinski definition) is 4. The number of nitrogens with two attached hydrogens (primary N) is 1. The van der Waals surface area contributed by atoms with Crippen molar-refractivity contribution in [1.29, 1.82) is 0 Å². The molecule has 0 spiro atoms. The quantitative estimate of drug-likeness (QED) is 0.532. The molecular formula is C15H27N3O. The average Bonchev–Trinajstić information content (AvgIpc) is 2.39. The van der Waals surface area contributed by atoms with Crippen LogP contribution < -0.4 is 15.8 Å². The van der Waals surface area contributed by atoms with Crippen molar-refractivity contribution in [1.82, 2.24) is 4.90 Å². The molecule has 0 amide bonds. The van der Waals surface area contributed by atoms with Crippen LogP contribution in [0, 0.1) is 0 Å². The van der Waals surface area contributed by atoms with Crippen LogP contribution in [0.2, 0.25) is 0 Å². The van der Waals surface area contributed by atoms with E-state index in [0.29, 0.717) is 6.61 Å². The fourth-order valence-electron chi connectivity index (χ4n) is 2.05. The lowest BCUT2D eigenvalue weighted by Gasteiger charge is -2.18. The van der Waals surface area contributed by atoms with Crippen molar-refractivity contribution in [2.45, 2.75) is 27.2 Å². The van der Waals surface area contributed by atoms with Gasteiger partial charge in [-0.15, -0.1) is 0 Å². The van der Waals surface area contributed by atoms with Crippen LogP contribution in [0.1, 0.15) is 27.2 Å². The molecule has 0 unspecified atom stereocenters. The van der Waals surface area contributed by atoms with Crippen LogP contribution in [0.25, 0.3) is 0 Å². The second-order valence-electron chi connectivity index (χ2n) is 4.53. The molecule has 1 aromatic carbocycles. The van der Waals surface area contributed by atoms with Gasteiger partial charge in [0.1, 0.15) is 5.75 Å². The van der Waals surface area contributed by atoms with Gasteiger partial charge in [0.15, 0.2) is 0 Å². The molecule has 4 nitrogen and oxygen atoms in total. The molecule has 0 atom stereocenters. The summed E-state index contributed by atoms with van der Waals surface area (Å²) >= 11 is 0. The number of anilines is 2. The molecule has 0 radical (unpaired) electrons. The lowest BCUT2D eigenvalue weighted by molar-refractivity contribution is 0.303. The zero-order chi connectivity index (χ0) is 14.1. The van der Waals surface area contributed by atoms with Gasteiger partial charge >= 0.3 is 0 Å². The molecule has 0 bridgehead atoms. The van der Waals surface area contributed by atoms with Gasteiger partial charge in [0, 0.05) is 30.1 Å². The Morgan fingerprint density at radius 3 is 2.53 bits per heavy atom. The third-order valence-electron chi connectivity index (χ3n) is 3.11. The van der Waals surface area contributed by atoms with Gasteiger partial charge in [-0.1, -0.05) is 13.8 Å². The molecule has 0 aliphatic rings. The van der Waals surface area contributed by atoms with E-state index >= 15 is 0 Å². The Kier molecular flexibility index (Phi) is 7.11. The summed E-state index contributed by atoms with van der Waals surface area (Å²) in [5.74, 6) is 0.828. The minimum Gasteiger partial charge on any atom is -0.494 e. The van der Waals surface area contributed by atoms with Gasteiger partial charge in [-0.2, -0.15) is 0 Å². The number of ether oxygens (including phenoxy) is 1. The van der Waals surface area contributed by atoms with Gasteiger partial charge in [0.05, 0.1) is 6.61 Å². The molecule has 108 valence electrons. The summed E-state index contributed by atoms with van der Waals surface area (Å²) in [6, 6.07) is 5.79. The van der Waals surface area contributed by atoms with E-state index in [1.54, 1.807) is 0 Å². The van der Waals surface area contributed by atoms with Gasteiger partial charge in [-0.05, 0) is 39.0 Å². The number of benzene rings is 1. The number of nitrogen functional groups attached to an aromatic ring is 1. The van der Waals surface area contributed by atoms with E-state index < -0.39 is 0 Å². The summed E-state index contributed by atoms with van der Waals surface area (Å²) in [5, 5.41) is 3.40. The van der Waals surface area contributed by atoms with Crippen molar-refractivity contribution in [3.8, 4) is 5.75 Å². The second kappa shape index (κ2) is 8.64. The molecule has 4 heteroatoms. The smallest absolute Gasteiger partial charge is 0.123 e. The molecular weight excluding hydrogens is 238 g/mol. The third-order valence-corrected chi connectivity index (χ3v) is 3.11. The van der Waals surface area contributed by atoms with Gasteiger partial charge in [-0.3, -0.25) is 0 Å². The highest BCUT2D eigenvalue weighted by atomic mass is 16.5. The predicted molar refractivity (Wildman–Crippen MR) is 82.9 cm³/mol. The van der Waals surface area contributed by atoms with Crippen molar-refractivity contribution in [3.63, 3.8) is 0 Å². The zero-order valence-electron chi connectivity index (χ0n) is 12.4. The Hall–Kier alpha value is -1.42. The fourth-order valence-corrected chi connectivity index (χ4v) is 2.05. The molecule has 19 heavy (non-hydrogen) atoms. The largest absolute Gasteiger partial charge is 0.494 e. The van der Waals surface area contributed by atoms with Crippen LogP contribution in [0.5, 0.6) is 5.75 Å². The molecule has 0 aliphatic heterocycles. The van der Waals surface area contributed by atoms with E-state index in [2.05, 4.69) is 24.1 Å². The van der Waals surface area contributed by atoms with E-state index in [-0.39, 0.29) is 0 Å². The van der Waals surface area contributed by atoms with E-state index in [0.717, 1.165) is 49.7 Å². The maximum Gasteiger partial charge on any atom is 0.123 e. The minimum absolute atomic E-state index is 0.658. The number of nitrogens with zero attached hydrogens (tertiary/aromatic N) is 1. The summed E-state index contributed by atoms with van der Waals surface area (Å²) in [4.78, 5) is 2.42. The molecule has 0 aliphatic carbocycles. The number of nitrogens with one attached hydrogen (secondary N) is 1.